The first-order valence-corrected chi connectivity index (χ1v) is 26.8. The Labute approximate surface area is 389 Å². The number of piperazine rings is 2. The molecule has 0 radical (unpaired) electrons. The van der Waals surface area contributed by atoms with Crippen LogP contribution in [0.5, 0.6) is 0 Å². The number of rotatable bonds is 19. The van der Waals surface area contributed by atoms with E-state index in [2.05, 4.69) is 20.4 Å². The van der Waals surface area contributed by atoms with E-state index in [4.69, 9.17) is 28.8 Å². The van der Waals surface area contributed by atoms with Crippen molar-refractivity contribution >= 4 is 32.2 Å². The minimum Gasteiger partial charge on any atom is -0.444 e. The number of ether oxygens (including phenoxy) is 5. The van der Waals surface area contributed by atoms with Gasteiger partial charge in [0.2, 0.25) is 20.0 Å². The summed E-state index contributed by atoms with van der Waals surface area (Å²) in [7, 11) is -6.65. The average Bonchev–Trinajstić information content (AvgIpc) is 3.25. The highest BCUT2D eigenvalue weighted by atomic mass is 32.2. The number of aliphatic hydroxyl groups is 1. The Morgan fingerprint density at radius 1 is 0.569 bits per heavy atom. The maximum absolute atomic E-state index is 12.7. The van der Waals surface area contributed by atoms with Crippen molar-refractivity contribution in [2.45, 2.75) is 135 Å². The van der Waals surface area contributed by atoms with E-state index >= 15 is 0 Å². The van der Waals surface area contributed by atoms with E-state index in [0.717, 1.165) is 83.1 Å². The fourth-order valence-electron chi connectivity index (χ4n) is 8.55. The number of nitrogens with zero attached hydrogens (tertiary/aromatic N) is 4. The number of aliphatic hydroxyl groups excluding tert-OH is 1. The zero-order valence-electron chi connectivity index (χ0n) is 39.9. The van der Waals surface area contributed by atoms with Crippen molar-refractivity contribution < 1.29 is 55.2 Å². The Bertz CT molecular complexity index is 1750. The van der Waals surface area contributed by atoms with Gasteiger partial charge in [0.15, 0.2) is 0 Å². The second kappa shape index (κ2) is 26.8. The van der Waals surface area contributed by atoms with E-state index in [0.29, 0.717) is 58.1 Å². The quantitative estimate of drug-likeness (QED) is 0.169. The van der Waals surface area contributed by atoms with Crippen LogP contribution in [0.3, 0.4) is 0 Å². The molecular weight excluding hydrogens is 881 g/mol. The van der Waals surface area contributed by atoms with E-state index in [1.54, 1.807) is 8.61 Å². The molecule has 0 bridgehead atoms. The van der Waals surface area contributed by atoms with Gasteiger partial charge in [-0.2, -0.15) is 8.61 Å². The standard InChI is InChI=1S/C26H43N3O6S.C19H37N3O6S/c1-26(2,3)35-25(30)27-23-9-11-24(12-10-23)28-13-15-29(16-14-28)36(31,32)20-19-33-17-18-34-21-22-7-5-4-6-8-22;1-19(2,3)28-18(24)20-16-4-6-17(7-5-16)21-8-10-22(11-9-21)29(25,26)15-14-27-13-12-23/h4-8,23-24H,9-21H2,1-3H3,(H,27,30);16-17,23H,4-15H2,1-3H3,(H,20,24). The van der Waals surface area contributed by atoms with Crippen LogP contribution < -0.4 is 10.6 Å². The van der Waals surface area contributed by atoms with Gasteiger partial charge in [-0.3, -0.25) is 9.80 Å². The number of benzene rings is 1. The molecule has 374 valence electrons. The molecule has 3 N–H and O–H groups in total. The van der Waals surface area contributed by atoms with Gasteiger partial charge in [-0.15, -0.1) is 0 Å². The first-order valence-electron chi connectivity index (χ1n) is 23.5. The van der Waals surface area contributed by atoms with Crippen LogP contribution in [-0.2, 0) is 50.3 Å². The molecule has 5 rings (SSSR count). The molecule has 20 heteroatoms. The number of carbonyl (C=O) groups excluding carboxylic acids is 2. The average molecular weight is 961 g/mol. The molecule has 18 nitrogen and oxygen atoms in total. The maximum Gasteiger partial charge on any atom is 0.407 e. The summed E-state index contributed by atoms with van der Waals surface area (Å²) in [6, 6.07) is 11.1. The van der Waals surface area contributed by atoms with Crippen molar-refractivity contribution in [2.24, 2.45) is 0 Å². The van der Waals surface area contributed by atoms with Gasteiger partial charge in [0.05, 0.1) is 57.8 Å². The molecule has 0 spiro atoms. The lowest BCUT2D eigenvalue weighted by Gasteiger charge is -2.41. The van der Waals surface area contributed by atoms with Crippen LogP contribution in [0.4, 0.5) is 9.59 Å². The van der Waals surface area contributed by atoms with Crippen LogP contribution >= 0.6 is 0 Å². The number of nitrogens with one attached hydrogen (secondary N) is 2. The Morgan fingerprint density at radius 3 is 1.34 bits per heavy atom. The van der Waals surface area contributed by atoms with Crippen LogP contribution in [0.15, 0.2) is 30.3 Å². The summed E-state index contributed by atoms with van der Waals surface area (Å²) in [5.41, 5.74) is 0.112. The van der Waals surface area contributed by atoms with Crippen molar-refractivity contribution in [3.63, 3.8) is 0 Å². The lowest BCUT2D eigenvalue weighted by atomic mass is 9.90. The van der Waals surface area contributed by atoms with Gasteiger partial charge in [0, 0.05) is 76.5 Å². The fraction of sp³-hybridized carbons (Fsp3) is 0.822. The predicted octanol–water partition coefficient (Wildman–Crippen LogP) is 3.78. The first kappa shape index (κ1) is 54.9. The molecule has 2 saturated heterocycles. The number of hydrogen-bond donors (Lipinski definition) is 3. The zero-order chi connectivity index (χ0) is 47.5. The van der Waals surface area contributed by atoms with Crippen molar-refractivity contribution in [2.75, 3.05) is 104 Å². The Hall–Kier alpha value is -2.66. The largest absolute Gasteiger partial charge is 0.444 e. The van der Waals surface area contributed by atoms with E-state index in [1.807, 2.05) is 71.9 Å². The maximum atomic E-state index is 12.7. The second-order valence-electron chi connectivity index (χ2n) is 19.3. The number of carbonyl (C=O) groups is 2. The predicted molar refractivity (Wildman–Crippen MR) is 250 cm³/mol. The van der Waals surface area contributed by atoms with Crippen LogP contribution in [0.2, 0.25) is 0 Å². The molecule has 1 aromatic carbocycles. The van der Waals surface area contributed by atoms with E-state index in [9.17, 15) is 26.4 Å². The van der Waals surface area contributed by atoms with Crippen molar-refractivity contribution in [3.8, 4) is 0 Å². The monoisotopic (exact) mass is 961 g/mol. The Kier molecular flexibility index (Phi) is 22.6. The van der Waals surface area contributed by atoms with Crippen LogP contribution in [0.1, 0.15) is 98.5 Å². The Morgan fingerprint density at radius 2 is 0.954 bits per heavy atom. The van der Waals surface area contributed by atoms with Crippen LogP contribution in [0, 0.1) is 0 Å². The third-order valence-electron chi connectivity index (χ3n) is 11.9. The molecule has 2 saturated carbocycles. The van der Waals surface area contributed by atoms with Gasteiger partial charge in [-0.1, -0.05) is 30.3 Å². The van der Waals surface area contributed by atoms with Crippen LogP contribution in [0.25, 0.3) is 0 Å². The van der Waals surface area contributed by atoms with Crippen LogP contribution in [-0.4, -0.2) is 191 Å². The van der Waals surface area contributed by atoms with E-state index < -0.39 is 31.2 Å². The lowest BCUT2D eigenvalue weighted by molar-refractivity contribution is 0.0450. The van der Waals surface area contributed by atoms with Gasteiger partial charge in [0.25, 0.3) is 0 Å². The second-order valence-corrected chi connectivity index (χ2v) is 23.5. The molecule has 2 heterocycles. The van der Waals surface area contributed by atoms with Gasteiger partial charge in [0.1, 0.15) is 11.2 Å². The fourth-order valence-corrected chi connectivity index (χ4v) is 11.2. The molecular formula is C45H80N6O12S2. The number of sulfonamides is 2. The highest BCUT2D eigenvalue weighted by Gasteiger charge is 2.34. The summed E-state index contributed by atoms with van der Waals surface area (Å²) in [5.74, 6) is -0.0540. The molecule has 1 aromatic rings. The summed E-state index contributed by atoms with van der Waals surface area (Å²) in [5, 5.41) is 14.6. The summed E-state index contributed by atoms with van der Waals surface area (Å²) in [6.07, 6.45) is 6.89. The summed E-state index contributed by atoms with van der Waals surface area (Å²) < 4.78 is 80.2. The van der Waals surface area contributed by atoms with Gasteiger partial charge < -0.3 is 39.4 Å². The van der Waals surface area contributed by atoms with Gasteiger partial charge >= 0.3 is 12.2 Å². The summed E-state index contributed by atoms with van der Waals surface area (Å²) in [6.45, 7) is 17.8. The summed E-state index contributed by atoms with van der Waals surface area (Å²) in [4.78, 5) is 28.7. The molecule has 2 aliphatic carbocycles. The highest BCUT2D eigenvalue weighted by molar-refractivity contribution is 7.89. The molecule has 65 heavy (non-hydrogen) atoms. The zero-order valence-corrected chi connectivity index (χ0v) is 41.6. The van der Waals surface area contributed by atoms with Crippen molar-refractivity contribution in [1.82, 2.24) is 29.0 Å². The topological polar surface area (TPSA) is 206 Å². The van der Waals surface area contributed by atoms with Crippen molar-refractivity contribution in [1.29, 1.82) is 0 Å². The Balaban J connectivity index is 0.000000292. The molecule has 2 aliphatic heterocycles. The smallest absolute Gasteiger partial charge is 0.407 e. The third kappa shape index (κ3) is 21.0. The summed E-state index contributed by atoms with van der Waals surface area (Å²) >= 11 is 0. The SMILES string of the molecule is CC(C)(C)OC(=O)NC1CCC(N2CCN(S(=O)(=O)CCOCCO)CC2)CC1.CC(C)(C)OC(=O)NC1CCC(N2CCN(S(=O)(=O)CCOCCOCc3ccccc3)CC2)CC1. The van der Waals surface area contributed by atoms with E-state index in [-0.39, 0.29) is 62.2 Å². The minimum atomic E-state index is -3.33. The molecule has 4 aliphatic rings. The molecule has 0 atom stereocenters. The highest BCUT2D eigenvalue weighted by Crippen LogP contribution is 2.27. The number of alkyl carbamates (subject to hydrolysis) is 2. The van der Waals surface area contributed by atoms with Gasteiger partial charge in [-0.25, -0.2) is 26.4 Å². The third-order valence-corrected chi connectivity index (χ3v) is 15.6. The molecule has 2 amide bonds. The minimum absolute atomic E-state index is 0.00682. The lowest BCUT2D eigenvalue weighted by Crippen LogP contribution is -2.54. The molecule has 0 aromatic heterocycles. The normalized spacial score (nSPS) is 23.5. The van der Waals surface area contributed by atoms with Crippen molar-refractivity contribution in [3.05, 3.63) is 35.9 Å². The number of amides is 2. The molecule has 4 fully saturated rings. The molecule has 0 unspecified atom stereocenters. The van der Waals surface area contributed by atoms with Gasteiger partial charge in [-0.05, 0) is 98.5 Å². The first-order chi connectivity index (χ1) is 30.7. The number of hydrogen-bond acceptors (Lipinski definition) is 14. The van der Waals surface area contributed by atoms with E-state index in [1.165, 1.54) is 0 Å².